The van der Waals surface area contributed by atoms with Gasteiger partial charge in [0.05, 0.1) is 30.9 Å². The maximum Gasteiger partial charge on any atom is 0.303 e. The molecule has 2 aromatic heterocycles. The van der Waals surface area contributed by atoms with Gasteiger partial charge in [-0.2, -0.15) is 5.26 Å². The molecular weight excluding hydrogens is 506 g/mol. The quantitative estimate of drug-likeness (QED) is 0.203. The predicted molar refractivity (Wildman–Crippen MR) is 146 cm³/mol. The summed E-state index contributed by atoms with van der Waals surface area (Å²) in [6.45, 7) is 1.45. The van der Waals surface area contributed by atoms with E-state index in [1.807, 2.05) is 22.8 Å². The van der Waals surface area contributed by atoms with Crippen molar-refractivity contribution in [2.45, 2.75) is 77.0 Å². The summed E-state index contributed by atoms with van der Waals surface area (Å²) in [7, 11) is 0. The van der Waals surface area contributed by atoms with Crippen molar-refractivity contribution in [3.8, 4) is 6.07 Å². The van der Waals surface area contributed by atoms with Gasteiger partial charge in [-0.05, 0) is 61.8 Å². The third-order valence-corrected chi connectivity index (χ3v) is 7.02. The van der Waals surface area contributed by atoms with Crippen molar-refractivity contribution in [3.63, 3.8) is 0 Å². The van der Waals surface area contributed by atoms with Crippen LogP contribution in [0.25, 0.3) is 11.0 Å². The summed E-state index contributed by atoms with van der Waals surface area (Å²) in [6.07, 6.45) is 4.99. The lowest BCUT2D eigenvalue weighted by Crippen LogP contribution is -2.22. The van der Waals surface area contributed by atoms with Crippen LogP contribution in [0.2, 0.25) is 5.02 Å². The molecule has 9 heteroatoms. The number of carboxylic acids is 1. The molecule has 204 valence electrons. The van der Waals surface area contributed by atoms with Gasteiger partial charge in [0.1, 0.15) is 11.7 Å². The summed E-state index contributed by atoms with van der Waals surface area (Å²) in [4.78, 5) is 15.7. The Labute approximate surface area is 228 Å². The minimum Gasteiger partial charge on any atom is -0.481 e. The Morgan fingerprint density at radius 3 is 2.55 bits per heavy atom. The molecule has 8 nitrogen and oxygen atoms in total. The highest BCUT2D eigenvalue weighted by Gasteiger charge is 2.26. The molecule has 0 aliphatic carbocycles. The van der Waals surface area contributed by atoms with E-state index >= 15 is 0 Å². The van der Waals surface area contributed by atoms with Gasteiger partial charge >= 0.3 is 5.97 Å². The molecule has 0 radical (unpaired) electrons. The van der Waals surface area contributed by atoms with Crippen LogP contribution >= 0.6 is 11.6 Å². The fraction of sp³-hybridized carbons (Fsp3) is 0.483. The van der Waals surface area contributed by atoms with Crippen molar-refractivity contribution in [1.29, 1.82) is 5.26 Å². The van der Waals surface area contributed by atoms with Gasteiger partial charge < -0.3 is 25.0 Å². The summed E-state index contributed by atoms with van der Waals surface area (Å²) in [5.74, 6) is -1.19. The number of nitriles is 1. The highest BCUT2D eigenvalue weighted by Crippen LogP contribution is 2.35. The summed E-state index contributed by atoms with van der Waals surface area (Å²) < 4.78 is 1.82. The van der Waals surface area contributed by atoms with Gasteiger partial charge in [0, 0.05) is 34.3 Å². The number of unbranched alkanes of at least 4 members (excludes halogenated alkanes) is 3. The second-order valence-electron chi connectivity index (χ2n) is 10.0. The average molecular weight is 542 g/mol. The number of hydrogen-bond acceptors (Lipinski definition) is 6. The highest BCUT2D eigenvalue weighted by molar-refractivity contribution is 6.30. The van der Waals surface area contributed by atoms with Crippen molar-refractivity contribution in [2.24, 2.45) is 5.92 Å². The monoisotopic (exact) mass is 541 g/mol. The van der Waals surface area contributed by atoms with E-state index in [0.29, 0.717) is 28.6 Å². The molecule has 0 aliphatic heterocycles. The molecule has 0 saturated carbocycles. The van der Waals surface area contributed by atoms with Crippen LogP contribution in [0.3, 0.4) is 0 Å². The van der Waals surface area contributed by atoms with E-state index in [9.17, 15) is 30.5 Å². The maximum atomic E-state index is 11.3. The number of aliphatic hydroxyl groups excluding tert-OH is 3. The van der Waals surface area contributed by atoms with Gasteiger partial charge in [0.15, 0.2) is 0 Å². The molecule has 0 aliphatic rings. The number of aliphatic hydroxyl groups is 3. The number of hydrogen-bond donors (Lipinski definition) is 4. The third-order valence-electron chi connectivity index (χ3n) is 6.78. The molecule has 1 aromatic carbocycles. The van der Waals surface area contributed by atoms with Gasteiger partial charge in [-0.3, -0.25) is 4.79 Å². The van der Waals surface area contributed by atoms with Gasteiger partial charge in [-0.1, -0.05) is 43.5 Å². The van der Waals surface area contributed by atoms with Gasteiger partial charge in [-0.25, -0.2) is 4.98 Å². The van der Waals surface area contributed by atoms with Crippen LogP contribution in [0.4, 0.5) is 0 Å². The van der Waals surface area contributed by atoms with E-state index in [4.69, 9.17) is 11.6 Å². The molecule has 4 N–H and O–H groups in total. The first-order valence-electron chi connectivity index (χ1n) is 13.1. The van der Waals surface area contributed by atoms with E-state index in [1.54, 1.807) is 13.0 Å². The SMILES string of the molecule is CC(CC(=O)O)CC(O)c1c(CCCCCCc2cccc(Cl)c2)n(C[C@@H](O)CO)c2ncc(C#N)cc12. The predicted octanol–water partition coefficient (Wildman–Crippen LogP) is 4.79. The number of aromatic nitrogens is 2. The second-order valence-corrected chi connectivity index (χ2v) is 10.4. The van der Waals surface area contributed by atoms with Crippen LogP contribution in [0.15, 0.2) is 36.5 Å². The van der Waals surface area contributed by atoms with Crippen molar-refractivity contribution in [3.05, 3.63) is 63.9 Å². The fourth-order valence-corrected chi connectivity index (χ4v) is 5.23. The Morgan fingerprint density at radius 1 is 1.16 bits per heavy atom. The molecule has 0 spiro atoms. The molecule has 2 heterocycles. The van der Waals surface area contributed by atoms with Gasteiger partial charge in [0.2, 0.25) is 0 Å². The Morgan fingerprint density at radius 2 is 1.89 bits per heavy atom. The minimum atomic E-state index is -1.02. The zero-order valence-corrected chi connectivity index (χ0v) is 22.4. The Kier molecular flexibility index (Phi) is 11.1. The molecule has 0 saturated heterocycles. The Bertz CT molecular complexity index is 1270. The number of fused-ring (bicyclic) bond motifs is 1. The number of benzene rings is 1. The topological polar surface area (TPSA) is 140 Å². The van der Waals surface area contributed by atoms with Crippen LogP contribution in [0, 0.1) is 17.2 Å². The van der Waals surface area contributed by atoms with E-state index < -0.39 is 24.8 Å². The minimum absolute atomic E-state index is 0.0669. The smallest absolute Gasteiger partial charge is 0.303 e. The lowest BCUT2D eigenvalue weighted by molar-refractivity contribution is -0.138. The number of halogens is 1. The number of carbonyl (C=O) groups is 1. The van der Waals surface area contributed by atoms with E-state index in [2.05, 4.69) is 17.1 Å². The zero-order valence-electron chi connectivity index (χ0n) is 21.7. The standard InChI is InChI=1S/C29H36ClN3O5/c1-19(12-27(37)38)11-26(36)28-24-14-21(15-31)16-32-29(24)33(17-23(35)18-34)25(28)10-5-3-2-4-7-20-8-6-9-22(30)13-20/h6,8-9,13-14,16,19,23,26,34-36H,2-5,7,10-12,17-18H2,1H3,(H,37,38)/t19?,23-,26?/m1/s1. The van der Waals surface area contributed by atoms with Crippen molar-refractivity contribution in [2.75, 3.05) is 6.61 Å². The average Bonchev–Trinajstić information content (AvgIpc) is 3.17. The number of aliphatic carboxylic acids is 1. The first-order chi connectivity index (χ1) is 18.2. The molecule has 0 amide bonds. The maximum absolute atomic E-state index is 11.3. The van der Waals surface area contributed by atoms with Gasteiger partial charge in [-0.15, -0.1) is 0 Å². The van der Waals surface area contributed by atoms with Crippen molar-refractivity contribution in [1.82, 2.24) is 9.55 Å². The Hall–Kier alpha value is -2.96. The van der Waals surface area contributed by atoms with Crippen LogP contribution < -0.4 is 0 Å². The zero-order chi connectivity index (χ0) is 27.7. The largest absolute Gasteiger partial charge is 0.481 e. The first-order valence-corrected chi connectivity index (χ1v) is 13.5. The van der Waals surface area contributed by atoms with Crippen molar-refractivity contribution < 1.29 is 25.2 Å². The molecule has 0 fully saturated rings. The summed E-state index contributed by atoms with van der Waals surface area (Å²) >= 11 is 6.08. The molecule has 3 aromatic rings. The Balaban J connectivity index is 1.84. The molecule has 38 heavy (non-hydrogen) atoms. The lowest BCUT2D eigenvalue weighted by Gasteiger charge is -2.19. The summed E-state index contributed by atoms with van der Waals surface area (Å²) in [5, 5.41) is 51.0. The molecular formula is C29H36ClN3O5. The summed E-state index contributed by atoms with van der Waals surface area (Å²) in [6, 6.07) is 11.6. The van der Waals surface area contributed by atoms with Crippen LogP contribution in [0.1, 0.15) is 73.9 Å². The number of pyridine rings is 1. The van der Waals surface area contributed by atoms with E-state index in [0.717, 1.165) is 42.8 Å². The number of nitrogens with zero attached hydrogens (tertiary/aromatic N) is 3. The lowest BCUT2D eigenvalue weighted by atomic mass is 9.93. The summed E-state index contributed by atoms with van der Waals surface area (Å²) in [5.41, 5.74) is 3.48. The molecule has 3 atom stereocenters. The second kappa shape index (κ2) is 14.3. The van der Waals surface area contributed by atoms with Crippen LogP contribution in [-0.2, 0) is 24.2 Å². The molecule has 3 rings (SSSR count). The van der Waals surface area contributed by atoms with Crippen LogP contribution in [-0.4, -0.2) is 48.7 Å². The van der Waals surface area contributed by atoms with Crippen LogP contribution in [0.5, 0.6) is 0 Å². The number of aryl methyl sites for hydroxylation is 1. The third kappa shape index (κ3) is 8.02. The van der Waals surface area contributed by atoms with Crippen molar-refractivity contribution >= 4 is 28.6 Å². The molecule has 2 unspecified atom stereocenters. The molecule has 0 bridgehead atoms. The van der Waals surface area contributed by atoms with Gasteiger partial charge in [0.25, 0.3) is 0 Å². The highest BCUT2D eigenvalue weighted by atomic mass is 35.5. The van der Waals surface area contributed by atoms with E-state index in [-0.39, 0.29) is 25.3 Å². The fourth-order valence-electron chi connectivity index (χ4n) is 5.02. The number of rotatable bonds is 15. The number of carboxylic acid groups (broad SMARTS) is 1. The van der Waals surface area contributed by atoms with E-state index in [1.165, 1.54) is 11.8 Å². The first kappa shape index (κ1) is 29.6. The normalized spacial score (nSPS) is 13.8.